The van der Waals surface area contributed by atoms with E-state index in [9.17, 15) is 10.1 Å². The molecule has 0 saturated heterocycles. The van der Waals surface area contributed by atoms with E-state index >= 15 is 0 Å². The SMILES string of the molecule is CCNc1nc(C)c([N+](=O)[O-])c(NCCOC(C)C)n1. The van der Waals surface area contributed by atoms with Gasteiger partial charge in [-0.3, -0.25) is 10.1 Å². The van der Waals surface area contributed by atoms with Crippen molar-refractivity contribution < 1.29 is 9.66 Å². The smallest absolute Gasteiger partial charge is 0.332 e. The van der Waals surface area contributed by atoms with E-state index in [1.807, 2.05) is 20.8 Å². The minimum atomic E-state index is -0.476. The first-order valence-corrected chi connectivity index (χ1v) is 6.58. The highest BCUT2D eigenvalue weighted by Gasteiger charge is 2.21. The monoisotopic (exact) mass is 283 g/mol. The molecule has 0 amide bonds. The number of ether oxygens (including phenoxy) is 1. The summed E-state index contributed by atoms with van der Waals surface area (Å²) in [5.74, 6) is 0.591. The molecule has 112 valence electrons. The average Bonchev–Trinajstić information content (AvgIpc) is 2.33. The van der Waals surface area contributed by atoms with Crippen LogP contribution < -0.4 is 10.6 Å². The van der Waals surface area contributed by atoms with Gasteiger partial charge in [-0.05, 0) is 27.7 Å². The van der Waals surface area contributed by atoms with Gasteiger partial charge < -0.3 is 15.4 Å². The predicted octanol–water partition coefficient (Wildman–Crippen LogP) is 1.96. The second-order valence-corrected chi connectivity index (χ2v) is 4.46. The number of hydrogen-bond donors (Lipinski definition) is 2. The summed E-state index contributed by atoms with van der Waals surface area (Å²) in [7, 11) is 0. The summed E-state index contributed by atoms with van der Waals surface area (Å²) in [5, 5.41) is 17.0. The highest BCUT2D eigenvalue weighted by atomic mass is 16.6. The van der Waals surface area contributed by atoms with Crippen LogP contribution in [0.1, 0.15) is 26.5 Å². The molecule has 0 bridgehead atoms. The van der Waals surface area contributed by atoms with Crippen molar-refractivity contribution in [2.24, 2.45) is 0 Å². The van der Waals surface area contributed by atoms with Crippen LogP contribution in [0.15, 0.2) is 0 Å². The number of nitrogens with one attached hydrogen (secondary N) is 2. The Hall–Kier alpha value is -1.96. The van der Waals surface area contributed by atoms with Crippen LogP contribution in [0.3, 0.4) is 0 Å². The van der Waals surface area contributed by atoms with Gasteiger partial charge in [0, 0.05) is 13.1 Å². The Labute approximate surface area is 118 Å². The van der Waals surface area contributed by atoms with Gasteiger partial charge in [-0.25, -0.2) is 4.98 Å². The quantitative estimate of drug-likeness (QED) is 0.427. The van der Waals surface area contributed by atoms with Gasteiger partial charge >= 0.3 is 5.69 Å². The van der Waals surface area contributed by atoms with Crippen LogP contribution in [0.2, 0.25) is 0 Å². The molecule has 0 spiro atoms. The molecule has 0 fully saturated rings. The van der Waals surface area contributed by atoms with E-state index < -0.39 is 4.92 Å². The van der Waals surface area contributed by atoms with Crippen LogP contribution >= 0.6 is 0 Å². The summed E-state index contributed by atoms with van der Waals surface area (Å²) in [6.07, 6.45) is 0.122. The van der Waals surface area contributed by atoms with Crippen molar-refractivity contribution in [1.82, 2.24) is 9.97 Å². The molecule has 1 rings (SSSR count). The van der Waals surface area contributed by atoms with Crippen LogP contribution in [0.25, 0.3) is 0 Å². The Morgan fingerprint density at radius 3 is 2.60 bits per heavy atom. The van der Waals surface area contributed by atoms with E-state index in [2.05, 4.69) is 20.6 Å². The van der Waals surface area contributed by atoms with E-state index in [-0.39, 0.29) is 17.6 Å². The molecule has 0 atom stereocenters. The second-order valence-electron chi connectivity index (χ2n) is 4.46. The number of nitrogens with zero attached hydrogens (tertiary/aromatic N) is 3. The average molecular weight is 283 g/mol. The minimum absolute atomic E-state index is 0.101. The first-order valence-electron chi connectivity index (χ1n) is 6.58. The summed E-state index contributed by atoms with van der Waals surface area (Å²) < 4.78 is 5.38. The first kappa shape index (κ1) is 16.1. The summed E-state index contributed by atoms with van der Waals surface area (Å²) in [5.41, 5.74) is 0.226. The number of aryl methyl sites for hydroxylation is 1. The van der Waals surface area contributed by atoms with Gasteiger partial charge in [0.1, 0.15) is 5.69 Å². The zero-order valence-electron chi connectivity index (χ0n) is 12.3. The summed E-state index contributed by atoms with van der Waals surface area (Å²) in [6, 6.07) is 0. The molecule has 1 aromatic heterocycles. The lowest BCUT2D eigenvalue weighted by atomic mass is 10.3. The van der Waals surface area contributed by atoms with E-state index in [0.717, 1.165) is 0 Å². The molecule has 8 heteroatoms. The Morgan fingerprint density at radius 1 is 1.35 bits per heavy atom. The van der Waals surface area contributed by atoms with Crippen LogP contribution in [0.5, 0.6) is 0 Å². The van der Waals surface area contributed by atoms with Crippen molar-refractivity contribution in [3.05, 3.63) is 15.8 Å². The highest BCUT2D eigenvalue weighted by Crippen LogP contribution is 2.26. The topological polar surface area (TPSA) is 102 Å². The molecule has 8 nitrogen and oxygen atoms in total. The molecular weight excluding hydrogens is 262 g/mol. The lowest BCUT2D eigenvalue weighted by Gasteiger charge is -2.11. The predicted molar refractivity (Wildman–Crippen MR) is 77.2 cm³/mol. The third-order valence-corrected chi connectivity index (χ3v) is 2.42. The zero-order valence-corrected chi connectivity index (χ0v) is 12.3. The van der Waals surface area contributed by atoms with E-state index in [4.69, 9.17) is 4.74 Å². The van der Waals surface area contributed by atoms with E-state index in [1.54, 1.807) is 6.92 Å². The molecule has 0 aromatic carbocycles. The summed E-state index contributed by atoms with van der Waals surface area (Å²) in [4.78, 5) is 18.8. The van der Waals surface area contributed by atoms with Gasteiger partial charge in [-0.1, -0.05) is 0 Å². The Bertz CT molecular complexity index is 465. The maximum absolute atomic E-state index is 11.1. The molecule has 0 aliphatic heterocycles. The number of hydrogen-bond acceptors (Lipinski definition) is 7. The third kappa shape index (κ3) is 4.61. The normalized spacial score (nSPS) is 10.7. The fraction of sp³-hybridized carbons (Fsp3) is 0.667. The molecular formula is C12H21N5O3. The van der Waals surface area contributed by atoms with Gasteiger partial charge in [0.2, 0.25) is 11.8 Å². The van der Waals surface area contributed by atoms with Crippen molar-refractivity contribution in [3.63, 3.8) is 0 Å². The van der Waals surface area contributed by atoms with Gasteiger partial charge in [-0.15, -0.1) is 0 Å². The largest absolute Gasteiger partial charge is 0.377 e. The fourth-order valence-corrected chi connectivity index (χ4v) is 1.61. The maximum Gasteiger partial charge on any atom is 0.332 e. The van der Waals surface area contributed by atoms with Crippen LogP contribution in [-0.2, 0) is 4.74 Å². The number of anilines is 2. The molecule has 1 aromatic rings. The number of nitro groups is 1. The van der Waals surface area contributed by atoms with E-state index in [0.29, 0.717) is 31.3 Å². The highest BCUT2D eigenvalue weighted by molar-refractivity contribution is 5.60. The van der Waals surface area contributed by atoms with Gasteiger partial charge in [0.15, 0.2) is 0 Å². The second kappa shape index (κ2) is 7.59. The number of aromatic nitrogens is 2. The first-order chi connectivity index (χ1) is 9.45. The molecule has 0 unspecified atom stereocenters. The van der Waals surface area contributed by atoms with Crippen LogP contribution in [0, 0.1) is 17.0 Å². The maximum atomic E-state index is 11.1. The van der Waals surface area contributed by atoms with Crippen molar-refractivity contribution >= 4 is 17.5 Å². The standard InChI is InChI=1S/C12H21N5O3/c1-5-13-12-15-9(4)10(17(18)19)11(16-12)14-6-7-20-8(2)3/h8H,5-7H2,1-4H3,(H2,13,14,15,16). The van der Waals surface area contributed by atoms with Crippen molar-refractivity contribution in [1.29, 1.82) is 0 Å². The van der Waals surface area contributed by atoms with Gasteiger partial charge in [-0.2, -0.15) is 4.98 Å². The zero-order chi connectivity index (χ0) is 15.1. The fourth-order valence-electron chi connectivity index (χ4n) is 1.61. The van der Waals surface area contributed by atoms with Crippen LogP contribution in [0.4, 0.5) is 17.5 Å². The minimum Gasteiger partial charge on any atom is -0.377 e. The molecule has 0 saturated carbocycles. The van der Waals surface area contributed by atoms with Gasteiger partial charge in [0.25, 0.3) is 0 Å². The van der Waals surface area contributed by atoms with Crippen LogP contribution in [-0.4, -0.2) is 40.7 Å². The molecule has 0 radical (unpaired) electrons. The molecule has 1 heterocycles. The summed E-state index contributed by atoms with van der Waals surface area (Å²) in [6.45, 7) is 8.91. The van der Waals surface area contributed by atoms with Crippen molar-refractivity contribution in [3.8, 4) is 0 Å². The summed E-state index contributed by atoms with van der Waals surface area (Å²) >= 11 is 0. The lowest BCUT2D eigenvalue weighted by Crippen LogP contribution is -2.16. The molecule has 0 aliphatic carbocycles. The number of rotatable bonds is 8. The van der Waals surface area contributed by atoms with Crippen molar-refractivity contribution in [2.45, 2.75) is 33.8 Å². The van der Waals surface area contributed by atoms with E-state index in [1.165, 1.54) is 0 Å². The molecule has 2 N–H and O–H groups in total. The lowest BCUT2D eigenvalue weighted by molar-refractivity contribution is -0.385. The molecule has 20 heavy (non-hydrogen) atoms. The Morgan fingerprint density at radius 2 is 2.05 bits per heavy atom. The Balaban J connectivity index is 2.86. The van der Waals surface area contributed by atoms with Gasteiger partial charge in [0.05, 0.1) is 17.6 Å². The molecule has 0 aliphatic rings. The third-order valence-electron chi connectivity index (χ3n) is 2.42. The van der Waals surface area contributed by atoms with Crippen molar-refractivity contribution in [2.75, 3.05) is 30.3 Å². The Kier molecular flexibility index (Phi) is 6.10.